The van der Waals surface area contributed by atoms with Crippen molar-refractivity contribution in [2.45, 2.75) is 33.4 Å². The van der Waals surface area contributed by atoms with Crippen LogP contribution in [0.3, 0.4) is 0 Å². The van der Waals surface area contributed by atoms with Gasteiger partial charge >= 0.3 is 11.7 Å². The van der Waals surface area contributed by atoms with Crippen molar-refractivity contribution in [1.82, 2.24) is 9.55 Å². The molecule has 0 aliphatic heterocycles. The van der Waals surface area contributed by atoms with Gasteiger partial charge < -0.3 is 4.74 Å². The number of hydrogen-bond acceptors (Lipinski definition) is 4. The number of aryl methyl sites for hydroxylation is 1. The molecule has 1 aromatic rings. The first-order chi connectivity index (χ1) is 6.99. The number of esters is 1. The van der Waals surface area contributed by atoms with Crippen molar-refractivity contribution in [3.8, 4) is 0 Å². The molecule has 0 aromatic carbocycles. The van der Waals surface area contributed by atoms with Crippen molar-refractivity contribution in [1.29, 1.82) is 0 Å². The van der Waals surface area contributed by atoms with E-state index >= 15 is 0 Å². The van der Waals surface area contributed by atoms with Crippen LogP contribution in [0.4, 0.5) is 0 Å². The third-order valence-electron chi connectivity index (χ3n) is 1.65. The summed E-state index contributed by atoms with van der Waals surface area (Å²) < 4.78 is 6.16. The lowest BCUT2D eigenvalue weighted by Crippen LogP contribution is -2.28. The Balaban J connectivity index is 2.76. The van der Waals surface area contributed by atoms with Crippen LogP contribution in [0.15, 0.2) is 17.2 Å². The standard InChI is InChI=1S/C10H14N2O3/c1-7(2)15-9(13)6-12-5-8(3)4-11-10(12)14/h4-5,7H,6H2,1-3H3. The maximum absolute atomic E-state index is 11.3. The summed E-state index contributed by atoms with van der Waals surface area (Å²) in [5.41, 5.74) is 0.383. The van der Waals surface area contributed by atoms with Crippen molar-refractivity contribution < 1.29 is 9.53 Å². The zero-order valence-electron chi connectivity index (χ0n) is 9.06. The highest BCUT2D eigenvalue weighted by atomic mass is 16.5. The van der Waals surface area contributed by atoms with Crippen LogP contribution < -0.4 is 5.69 Å². The Morgan fingerprint density at radius 2 is 2.27 bits per heavy atom. The first-order valence-corrected chi connectivity index (χ1v) is 4.71. The molecule has 0 bridgehead atoms. The molecule has 0 spiro atoms. The lowest BCUT2D eigenvalue weighted by molar-refractivity contribution is -0.148. The molecular formula is C10H14N2O3. The topological polar surface area (TPSA) is 61.2 Å². The van der Waals surface area contributed by atoms with Gasteiger partial charge in [-0.3, -0.25) is 9.36 Å². The van der Waals surface area contributed by atoms with E-state index in [-0.39, 0.29) is 12.6 Å². The smallest absolute Gasteiger partial charge is 0.348 e. The number of aromatic nitrogens is 2. The third kappa shape index (κ3) is 3.53. The predicted octanol–water partition coefficient (Wildman–Crippen LogP) is 0.503. The minimum Gasteiger partial charge on any atom is -0.462 e. The Morgan fingerprint density at radius 1 is 1.60 bits per heavy atom. The van der Waals surface area contributed by atoms with E-state index < -0.39 is 11.7 Å². The summed E-state index contributed by atoms with van der Waals surface area (Å²) in [6.07, 6.45) is 2.87. The fraction of sp³-hybridized carbons (Fsp3) is 0.500. The van der Waals surface area contributed by atoms with Gasteiger partial charge in [0.2, 0.25) is 0 Å². The van der Waals surface area contributed by atoms with Crippen LogP contribution in [0.2, 0.25) is 0 Å². The molecule has 0 N–H and O–H groups in total. The number of ether oxygens (including phenoxy) is 1. The van der Waals surface area contributed by atoms with Gasteiger partial charge in [0.1, 0.15) is 6.54 Å². The molecule has 82 valence electrons. The number of carbonyl (C=O) groups excluding carboxylic acids is 1. The van der Waals surface area contributed by atoms with Gasteiger partial charge in [0.15, 0.2) is 0 Å². The molecule has 1 aromatic heterocycles. The summed E-state index contributed by atoms with van der Waals surface area (Å²) >= 11 is 0. The number of rotatable bonds is 3. The Morgan fingerprint density at radius 3 is 2.87 bits per heavy atom. The van der Waals surface area contributed by atoms with Crippen molar-refractivity contribution in [2.24, 2.45) is 0 Å². The summed E-state index contributed by atoms with van der Waals surface area (Å²) in [5.74, 6) is -0.431. The Labute approximate surface area is 87.7 Å². The van der Waals surface area contributed by atoms with Crippen molar-refractivity contribution in [3.63, 3.8) is 0 Å². The largest absolute Gasteiger partial charge is 0.462 e. The number of nitrogens with zero attached hydrogens (tertiary/aromatic N) is 2. The van der Waals surface area contributed by atoms with Crippen molar-refractivity contribution in [2.75, 3.05) is 0 Å². The van der Waals surface area contributed by atoms with E-state index in [0.717, 1.165) is 5.56 Å². The minimum absolute atomic E-state index is 0.0916. The molecule has 0 aliphatic carbocycles. The molecule has 0 amide bonds. The molecule has 0 atom stereocenters. The monoisotopic (exact) mass is 210 g/mol. The summed E-state index contributed by atoms with van der Waals surface area (Å²) in [6.45, 7) is 5.23. The SMILES string of the molecule is Cc1cnc(=O)n(CC(=O)OC(C)C)c1. The van der Waals surface area contributed by atoms with Crippen molar-refractivity contribution in [3.05, 3.63) is 28.4 Å². The molecule has 0 unspecified atom stereocenters. The Bertz CT molecular complexity index is 409. The molecule has 0 saturated heterocycles. The highest BCUT2D eigenvalue weighted by molar-refractivity contribution is 5.69. The zero-order chi connectivity index (χ0) is 11.4. The third-order valence-corrected chi connectivity index (χ3v) is 1.65. The van der Waals surface area contributed by atoms with E-state index in [0.29, 0.717) is 0 Å². The summed E-state index contributed by atoms with van der Waals surface area (Å²) in [5, 5.41) is 0. The maximum Gasteiger partial charge on any atom is 0.348 e. The van der Waals surface area contributed by atoms with Gasteiger partial charge in [0.05, 0.1) is 6.10 Å². The van der Waals surface area contributed by atoms with Gasteiger partial charge in [0, 0.05) is 12.4 Å². The van der Waals surface area contributed by atoms with Gasteiger partial charge in [-0.15, -0.1) is 0 Å². The molecule has 5 heteroatoms. The van der Waals surface area contributed by atoms with Crippen LogP contribution in [0.1, 0.15) is 19.4 Å². The molecule has 1 rings (SSSR count). The quantitative estimate of drug-likeness (QED) is 0.682. The average Bonchev–Trinajstić information content (AvgIpc) is 2.10. The molecule has 0 saturated carbocycles. The second kappa shape index (κ2) is 4.72. The minimum atomic E-state index is -0.443. The lowest BCUT2D eigenvalue weighted by Gasteiger charge is -2.09. The zero-order valence-corrected chi connectivity index (χ0v) is 9.06. The van der Waals surface area contributed by atoms with Crippen LogP contribution in [-0.2, 0) is 16.1 Å². The van der Waals surface area contributed by atoms with E-state index in [1.54, 1.807) is 27.0 Å². The van der Waals surface area contributed by atoms with Gasteiger partial charge in [-0.2, -0.15) is 0 Å². The maximum atomic E-state index is 11.3. The molecule has 0 aliphatic rings. The normalized spacial score (nSPS) is 10.4. The van der Waals surface area contributed by atoms with Crippen LogP contribution >= 0.6 is 0 Å². The van der Waals surface area contributed by atoms with Crippen LogP contribution in [0.5, 0.6) is 0 Å². The van der Waals surface area contributed by atoms with Gasteiger partial charge in [-0.25, -0.2) is 9.78 Å². The number of carbonyl (C=O) groups is 1. The fourth-order valence-corrected chi connectivity index (χ4v) is 1.12. The summed E-state index contributed by atoms with van der Waals surface area (Å²) in [4.78, 5) is 26.1. The van der Waals surface area contributed by atoms with Crippen molar-refractivity contribution >= 4 is 5.97 Å². The van der Waals surface area contributed by atoms with E-state index in [2.05, 4.69) is 4.98 Å². The number of hydrogen-bond donors (Lipinski definition) is 0. The lowest BCUT2D eigenvalue weighted by atomic mass is 10.4. The van der Waals surface area contributed by atoms with E-state index in [1.807, 2.05) is 0 Å². The predicted molar refractivity (Wildman–Crippen MR) is 54.5 cm³/mol. The Kier molecular flexibility index (Phi) is 3.60. The second-order valence-corrected chi connectivity index (χ2v) is 3.58. The summed E-state index contributed by atoms with van der Waals surface area (Å²) in [6, 6.07) is 0. The van der Waals surface area contributed by atoms with Gasteiger partial charge in [-0.1, -0.05) is 0 Å². The molecule has 5 nitrogen and oxygen atoms in total. The summed E-state index contributed by atoms with van der Waals surface area (Å²) in [7, 11) is 0. The average molecular weight is 210 g/mol. The highest BCUT2D eigenvalue weighted by Gasteiger charge is 2.07. The fourth-order valence-electron chi connectivity index (χ4n) is 1.12. The molecule has 1 heterocycles. The van der Waals surface area contributed by atoms with E-state index in [4.69, 9.17) is 4.74 Å². The molecule has 0 fully saturated rings. The first kappa shape index (κ1) is 11.4. The second-order valence-electron chi connectivity index (χ2n) is 3.58. The first-order valence-electron chi connectivity index (χ1n) is 4.71. The molecule has 15 heavy (non-hydrogen) atoms. The molecular weight excluding hydrogens is 196 g/mol. The van der Waals surface area contributed by atoms with Gasteiger partial charge in [-0.05, 0) is 26.3 Å². The van der Waals surface area contributed by atoms with Crippen LogP contribution in [0, 0.1) is 6.92 Å². The Hall–Kier alpha value is -1.65. The van der Waals surface area contributed by atoms with Gasteiger partial charge in [0.25, 0.3) is 0 Å². The van der Waals surface area contributed by atoms with E-state index in [9.17, 15) is 9.59 Å². The van der Waals surface area contributed by atoms with Crippen LogP contribution in [-0.4, -0.2) is 21.6 Å². The molecule has 0 radical (unpaired) electrons. The van der Waals surface area contributed by atoms with E-state index in [1.165, 1.54) is 10.8 Å². The van der Waals surface area contributed by atoms with Crippen LogP contribution in [0.25, 0.3) is 0 Å². The highest BCUT2D eigenvalue weighted by Crippen LogP contribution is 1.93.